The third-order valence-electron chi connectivity index (χ3n) is 4.97. The van der Waals surface area contributed by atoms with Crippen molar-refractivity contribution in [2.45, 2.75) is 45.2 Å². The average molecular weight is 371 g/mol. The SMILES string of the molecule is CC(C)c1[nH]nc(C(=O)NCC2CCCN2Cc2ccccc2)c1[N+](=O)[O-]. The molecule has 27 heavy (non-hydrogen) atoms. The molecule has 2 N–H and O–H groups in total. The minimum atomic E-state index is -0.537. The number of carbonyl (C=O) groups is 1. The summed E-state index contributed by atoms with van der Waals surface area (Å²) in [5, 5.41) is 20.8. The smallest absolute Gasteiger partial charge is 0.323 e. The third-order valence-corrected chi connectivity index (χ3v) is 4.97. The van der Waals surface area contributed by atoms with Crippen LogP contribution in [0.3, 0.4) is 0 Å². The molecule has 1 aromatic carbocycles. The van der Waals surface area contributed by atoms with Gasteiger partial charge in [-0.2, -0.15) is 5.10 Å². The molecule has 0 spiro atoms. The summed E-state index contributed by atoms with van der Waals surface area (Å²) in [5.74, 6) is -0.618. The molecule has 144 valence electrons. The van der Waals surface area contributed by atoms with Gasteiger partial charge in [0.05, 0.1) is 4.92 Å². The van der Waals surface area contributed by atoms with E-state index < -0.39 is 10.8 Å². The number of rotatable bonds is 7. The maximum Gasteiger partial charge on any atom is 0.323 e. The summed E-state index contributed by atoms with van der Waals surface area (Å²) in [7, 11) is 0. The van der Waals surface area contributed by atoms with Gasteiger partial charge in [-0.05, 0) is 24.9 Å². The fraction of sp³-hybridized carbons (Fsp3) is 0.474. The van der Waals surface area contributed by atoms with Crippen molar-refractivity contribution in [1.29, 1.82) is 0 Å². The quantitative estimate of drug-likeness (QED) is 0.575. The highest BCUT2D eigenvalue weighted by molar-refractivity contribution is 5.96. The molecule has 1 atom stereocenters. The molecule has 8 nitrogen and oxygen atoms in total. The van der Waals surface area contributed by atoms with Crippen LogP contribution in [0.4, 0.5) is 5.69 Å². The first-order chi connectivity index (χ1) is 13.0. The number of aromatic amines is 1. The van der Waals surface area contributed by atoms with Crippen molar-refractivity contribution in [3.05, 3.63) is 57.4 Å². The summed E-state index contributed by atoms with van der Waals surface area (Å²) in [6.45, 7) is 5.91. The van der Waals surface area contributed by atoms with E-state index in [1.165, 1.54) is 5.56 Å². The number of H-pyrrole nitrogens is 1. The summed E-state index contributed by atoms with van der Waals surface area (Å²) in [6, 6.07) is 10.4. The zero-order valence-corrected chi connectivity index (χ0v) is 15.6. The van der Waals surface area contributed by atoms with Crippen LogP contribution < -0.4 is 5.32 Å². The van der Waals surface area contributed by atoms with E-state index in [0.29, 0.717) is 12.2 Å². The van der Waals surface area contributed by atoms with Crippen molar-refractivity contribution in [2.24, 2.45) is 0 Å². The maximum absolute atomic E-state index is 12.5. The number of nitrogens with zero attached hydrogens (tertiary/aromatic N) is 3. The number of aromatic nitrogens is 2. The lowest BCUT2D eigenvalue weighted by Gasteiger charge is -2.24. The summed E-state index contributed by atoms with van der Waals surface area (Å²) in [6.07, 6.45) is 2.07. The van der Waals surface area contributed by atoms with E-state index in [0.717, 1.165) is 25.9 Å². The molecule has 1 aliphatic rings. The topological polar surface area (TPSA) is 104 Å². The molecule has 0 radical (unpaired) electrons. The minimum absolute atomic E-state index is 0.115. The van der Waals surface area contributed by atoms with Gasteiger partial charge in [-0.3, -0.25) is 24.9 Å². The van der Waals surface area contributed by atoms with Crippen molar-refractivity contribution in [3.63, 3.8) is 0 Å². The van der Waals surface area contributed by atoms with Gasteiger partial charge in [0, 0.05) is 25.0 Å². The zero-order valence-electron chi connectivity index (χ0n) is 15.6. The highest BCUT2D eigenvalue weighted by Gasteiger charge is 2.31. The van der Waals surface area contributed by atoms with Gasteiger partial charge >= 0.3 is 5.69 Å². The van der Waals surface area contributed by atoms with E-state index in [1.54, 1.807) is 0 Å². The number of nitrogens with one attached hydrogen (secondary N) is 2. The molecule has 2 heterocycles. The number of hydrogen-bond donors (Lipinski definition) is 2. The molecular weight excluding hydrogens is 346 g/mol. The summed E-state index contributed by atoms with van der Waals surface area (Å²) < 4.78 is 0. The highest BCUT2D eigenvalue weighted by Crippen LogP contribution is 2.27. The molecule has 0 saturated carbocycles. The monoisotopic (exact) mass is 371 g/mol. The number of amides is 1. The lowest BCUT2D eigenvalue weighted by molar-refractivity contribution is -0.385. The molecule has 3 rings (SSSR count). The van der Waals surface area contributed by atoms with Crippen LogP contribution in [0.5, 0.6) is 0 Å². The second-order valence-corrected chi connectivity index (χ2v) is 7.21. The number of hydrogen-bond acceptors (Lipinski definition) is 5. The lowest BCUT2D eigenvalue weighted by Crippen LogP contribution is -2.40. The highest BCUT2D eigenvalue weighted by atomic mass is 16.6. The summed E-state index contributed by atoms with van der Waals surface area (Å²) in [4.78, 5) is 25.7. The molecule has 1 unspecified atom stereocenters. The van der Waals surface area contributed by atoms with E-state index in [9.17, 15) is 14.9 Å². The van der Waals surface area contributed by atoms with Gasteiger partial charge in [0.15, 0.2) is 0 Å². The lowest BCUT2D eigenvalue weighted by atomic mass is 10.1. The van der Waals surface area contributed by atoms with Gasteiger partial charge < -0.3 is 5.32 Å². The van der Waals surface area contributed by atoms with Crippen LogP contribution in [0, 0.1) is 10.1 Å². The van der Waals surface area contributed by atoms with Crippen LogP contribution in [0.1, 0.15) is 54.4 Å². The molecule has 1 aliphatic heterocycles. The first kappa shape index (κ1) is 19.0. The number of likely N-dealkylation sites (tertiary alicyclic amines) is 1. The summed E-state index contributed by atoms with van der Waals surface area (Å²) >= 11 is 0. The predicted octanol–water partition coefficient (Wildman–Crippen LogP) is 2.84. The van der Waals surface area contributed by atoms with Crippen molar-refractivity contribution in [1.82, 2.24) is 20.4 Å². The van der Waals surface area contributed by atoms with Gasteiger partial charge in [-0.15, -0.1) is 0 Å². The summed E-state index contributed by atoms with van der Waals surface area (Å²) in [5.41, 5.74) is 1.24. The van der Waals surface area contributed by atoms with E-state index in [2.05, 4.69) is 32.5 Å². The molecule has 1 saturated heterocycles. The second-order valence-electron chi connectivity index (χ2n) is 7.21. The number of benzene rings is 1. The van der Waals surface area contributed by atoms with E-state index in [4.69, 9.17) is 0 Å². The zero-order chi connectivity index (χ0) is 19.4. The number of nitro groups is 1. The van der Waals surface area contributed by atoms with Gasteiger partial charge in [0.25, 0.3) is 5.91 Å². The molecule has 1 aromatic heterocycles. The standard InChI is InChI=1S/C19H25N5O3/c1-13(2)16-18(24(26)27)17(22-21-16)19(25)20-11-15-9-6-10-23(15)12-14-7-4-3-5-8-14/h3-5,7-8,13,15H,6,9-12H2,1-2H3,(H,20,25)(H,21,22). The minimum Gasteiger partial charge on any atom is -0.349 e. The molecule has 0 aliphatic carbocycles. The van der Waals surface area contributed by atoms with Gasteiger partial charge in [0.1, 0.15) is 5.69 Å². The molecular formula is C19H25N5O3. The van der Waals surface area contributed by atoms with Crippen molar-refractivity contribution < 1.29 is 9.72 Å². The Balaban J connectivity index is 1.64. The Morgan fingerprint density at radius 2 is 2.15 bits per heavy atom. The Bertz CT molecular complexity index is 803. The Kier molecular flexibility index (Phi) is 5.85. The van der Waals surface area contributed by atoms with E-state index in [1.807, 2.05) is 32.0 Å². The molecule has 8 heteroatoms. The third kappa shape index (κ3) is 4.33. The van der Waals surface area contributed by atoms with Gasteiger partial charge in [-0.1, -0.05) is 44.2 Å². The Hall–Kier alpha value is -2.74. The van der Waals surface area contributed by atoms with Crippen LogP contribution in [0.2, 0.25) is 0 Å². The van der Waals surface area contributed by atoms with Crippen LogP contribution >= 0.6 is 0 Å². The van der Waals surface area contributed by atoms with Gasteiger partial charge in [0.2, 0.25) is 5.69 Å². The molecule has 1 amide bonds. The average Bonchev–Trinajstić information content (AvgIpc) is 3.27. The Morgan fingerprint density at radius 3 is 2.81 bits per heavy atom. The fourth-order valence-electron chi connectivity index (χ4n) is 3.54. The fourth-order valence-corrected chi connectivity index (χ4v) is 3.54. The molecule has 0 bridgehead atoms. The van der Waals surface area contributed by atoms with Crippen molar-refractivity contribution >= 4 is 11.6 Å². The van der Waals surface area contributed by atoms with Crippen molar-refractivity contribution in [3.8, 4) is 0 Å². The second kappa shape index (κ2) is 8.30. The Labute approximate surface area is 158 Å². The van der Waals surface area contributed by atoms with E-state index >= 15 is 0 Å². The molecule has 2 aromatic rings. The van der Waals surface area contributed by atoms with Crippen LogP contribution in [0.15, 0.2) is 30.3 Å². The first-order valence-electron chi connectivity index (χ1n) is 9.26. The molecule has 1 fully saturated rings. The van der Waals surface area contributed by atoms with Crippen LogP contribution in [0.25, 0.3) is 0 Å². The van der Waals surface area contributed by atoms with Crippen LogP contribution in [-0.4, -0.2) is 45.1 Å². The number of carbonyl (C=O) groups excluding carboxylic acids is 1. The normalized spacial score (nSPS) is 17.4. The van der Waals surface area contributed by atoms with Gasteiger partial charge in [-0.25, -0.2) is 0 Å². The first-order valence-corrected chi connectivity index (χ1v) is 9.26. The van der Waals surface area contributed by atoms with Crippen molar-refractivity contribution in [2.75, 3.05) is 13.1 Å². The largest absolute Gasteiger partial charge is 0.349 e. The predicted molar refractivity (Wildman–Crippen MR) is 102 cm³/mol. The van der Waals surface area contributed by atoms with Crippen LogP contribution in [-0.2, 0) is 6.54 Å². The Morgan fingerprint density at radius 1 is 1.41 bits per heavy atom. The van der Waals surface area contributed by atoms with E-state index in [-0.39, 0.29) is 23.3 Å². The maximum atomic E-state index is 12.5.